The Balaban J connectivity index is 2.23. The zero-order valence-electron chi connectivity index (χ0n) is 11.6. The average Bonchev–Trinajstić information content (AvgIpc) is 2.85. The van der Waals surface area contributed by atoms with Gasteiger partial charge in [-0.1, -0.05) is 48.3 Å². The highest BCUT2D eigenvalue weighted by Gasteiger charge is 2.17. The summed E-state index contributed by atoms with van der Waals surface area (Å²) in [4.78, 5) is 0. The number of nitrogens with zero attached hydrogens (tertiary/aromatic N) is 1. The molecule has 0 saturated carbocycles. The topological polar surface area (TPSA) is 72.2 Å². The van der Waals surface area contributed by atoms with E-state index in [0.717, 1.165) is 17.5 Å². The number of sulfonamides is 1. The molecule has 0 bridgehead atoms. The Morgan fingerprint density at radius 1 is 1.25 bits per heavy atom. The molecule has 1 aromatic heterocycles. The third-order valence-corrected chi connectivity index (χ3v) is 4.27. The van der Waals surface area contributed by atoms with Gasteiger partial charge in [0.25, 0.3) is 0 Å². The Morgan fingerprint density at radius 3 is 2.60 bits per heavy atom. The van der Waals surface area contributed by atoms with Gasteiger partial charge >= 0.3 is 0 Å². The van der Waals surface area contributed by atoms with E-state index in [9.17, 15) is 8.42 Å². The van der Waals surface area contributed by atoms with Crippen LogP contribution in [0.1, 0.15) is 25.3 Å². The molecule has 1 aromatic carbocycles. The first kappa shape index (κ1) is 14.6. The molecule has 0 saturated heterocycles. The van der Waals surface area contributed by atoms with Crippen LogP contribution in [0.5, 0.6) is 0 Å². The number of anilines is 1. The molecule has 1 N–H and O–H groups in total. The summed E-state index contributed by atoms with van der Waals surface area (Å²) in [6, 6.07) is 7.73. The first-order valence-electron chi connectivity index (χ1n) is 6.54. The van der Waals surface area contributed by atoms with Crippen molar-refractivity contribution in [2.45, 2.75) is 26.7 Å². The Kier molecular flexibility index (Phi) is 4.44. The molecule has 5 nitrogen and oxygen atoms in total. The van der Waals surface area contributed by atoms with Gasteiger partial charge in [0.05, 0.1) is 17.5 Å². The summed E-state index contributed by atoms with van der Waals surface area (Å²) < 4.78 is 31.3. The van der Waals surface area contributed by atoms with Gasteiger partial charge in [0, 0.05) is 0 Å². The molecule has 2 rings (SSSR count). The molecular formula is C14H18N2O3S. The van der Waals surface area contributed by atoms with Gasteiger partial charge in [0.2, 0.25) is 15.9 Å². The van der Waals surface area contributed by atoms with E-state index in [1.54, 1.807) is 0 Å². The van der Waals surface area contributed by atoms with Gasteiger partial charge in [0.15, 0.2) is 0 Å². The lowest BCUT2D eigenvalue weighted by atomic mass is 10.1. The number of hydrogen-bond acceptors (Lipinski definition) is 4. The van der Waals surface area contributed by atoms with Crippen LogP contribution in [0.15, 0.2) is 35.0 Å². The second-order valence-corrected chi connectivity index (χ2v) is 6.55. The largest absolute Gasteiger partial charge is 0.337 e. The molecular weight excluding hydrogens is 276 g/mol. The van der Waals surface area contributed by atoms with Crippen LogP contribution in [0.4, 0.5) is 5.88 Å². The normalized spacial score (nSPS) is 11.5. The van der Waals surface area contributed by atoms with Crippen molar-refractivity contribution in [1.29, 1.82) is 0 Å². The molecule has 0 atom stereocenters. The third-order valence-electron chi connectivity index (χ3n) is 2.95. The van der Waals surface area contributed by atoms with Crippen LogP contribution in [-0.2, 0) is 10.0 Å². The Morgan fingerprint density at radius 2 is 1.95 bits per heavy atom. The minimum Gasteiger partial charge on any atom is -0.337 e. The highest BCUT2D eigenvalue weighted by molar-refractivity contribution is 7.92. The molecule has 0 aliphatic heterocycles. The minimum atomic E-state index is -3.39. The van der Waals surface area contributed by atoms with Crippen LogP contribution in [0.25, 0.3) is 11.1 Å². The zero-order valence-corrected chi connectivity index (χ0v) is 12.4. The number of aryl methyl sites for hydroxylation is 1. The maximum Gasteiger partial charge on any atom is 0.245 e. The van der Waals surface area contributed by atoms with Crippen LogP contribution >= 0.6 is 0 Å². The van der Waals surface area contributed by atoms with Gasteiger partial charge in [-0.2, -0.15) is 0 Å². The molecule has 1 heterocycles. The fourth-order valence-corrected chi connectivity index (χ4v) is 2.98. The molecule has 0 aliphatic rings. The van der Waals surface area contributed by atoms with E-state index in [-0.39, 0.29) is 11.6 Å². The van der Waals surface area contributed by atoms with Crippen molar-refractivity contribution < 1.29 is 12.9 Å². The van der Waals surface area contributed by atoms with Crippen LogP contribution in [0, 0.1) is 6.92 Å². The quantitative estimate of drug-likeness (QED) is 0.888. The molecule has 0 spiro atoms. The first-order valence-corrected chi connectivity index (χ1v) is 8.19. The zero-order chi connectivity index (χ0) is 14.6. The summed E-state index contributed by atoms with van der Waals surface area (Å²) in [6.07, 6.45) is 2.95. The van der Waals surface area contributed by atoms with Gasteiger partial charge in [-0.3, -0.25) is 4.72 Å². The predicted molar refractivity (Wildman–Crippen MR) is 79.0 cm³/mol. The minimum absolute atomic E-state index is 0.0809. The molecule has 0 unspecified atom stereocenters. The number of aromatic nitrogens is 1. The number of rotatable bonds is 6. The van der Waals surface area contributed by atoms with Gasteiger partial charge < -0.3 is 4.52 Å². The molecule has 108 valence electrons. The summed E-state index contributed by atoms with van der Waals surface area (Å²) >= 11 is 0. The third kappa shape index (κ3) is 3.60. The van der Waals surface area contributed by atoms with Crippen molar-refractivity contribution in [3.8, 4) is 11.1 Å². The monoisotopic (exact) mass is 294 g/mol. The second-order valence-electron chi connectivity index (χ2n) is 4.71. The van der Waals surface area contributed by atoms with Crippen molar-refractivity contribution in [2.24, 2.45) is 0 Å². The highest BCUT2D eigenvalue weighted by atomic mass is 32.2. The molecule has 6 heteroatoms. The molecule has 0 radical (unpaired) electrons. The average molecular weight is 294 g/mol. The number of unbranched alkanes of at least 4 members (excludes halogenated alkanes) is 1. The van der Waals surface area contributed by atoms with E-state index in [4.69, 9.17) is 4.52 Å². The van der Waals surface area contributed by atoms with Crippen LogP contribution in [0.2, 0.25) is 0 Å². The molecule has 0 fully saturated rings. The molecule has 0 amide bonds. The summed E-state index contributed by atoms with van der Waals surface area (Å²) in [5.74, 6) is 0.252. The van der Waals surface area contributed by atoms with Crippen molar-refractivity contribution in [1.82, 2.24) is 5.16 Å². The lowest BCUT2D eigenvalue weighted by Gasteiger charge is -2.06. The maximum absolute atomic E-state index is 11.9. The Hall–Kier alpha value is -1.82. The molecule has 0 aliphatic carbocycles. The fraction of sp³-hybridized carbons (Fsp3) is 0.357. The van der Waals surface area contributed by atoms with E-state index >= 15 is 0 Å². The lowest BCUT2D eigenvalue weighted by Crippen LogP contribution is -2.16. The fourth-order valence-electron chi connectivity index (χ4n) is 1.78. The number of benzene rings is 1. The highest BCUT2D eigenvalue weighted by Crippen LogP contribution is 2.28. The van der Waals surface area contributed by atoms with Gasteiger partial charge in [-0.25, -0.2) is 8.42 Å². The predicted octanol–water partition coefficient (Wildman–Crippen LogP) is 3.19. The lowest BCUT2D eigenvalue weighted by molar-refractivity contribution is 0.435. The Bertz CT molecular complexity index is 660. The van der Waals surface area contributed by atoms with E-state index < -0.39 is 10.0 Å². The van der Waals surface area contributed by atoms with Crippen molar-refractivity contribution in [2.75, 3.05) is 10.5 Å². The van der Waals surface area contributed by atoms with E-state index in [0.29, 0.717) is 12.0 Å². The van der Waals surface area contributed by atoms with Crippen molar-refractivity contribution >= 4 is 15.9 Å². The summed E-state index contributed by atoms with van der Waals surface area (Å²) in [7, 11) is -3.39. The van der Waals surface area contributed by atoms with Gasteiger partial charge in [-0.05, 0) is 18.9 Å². The standard InChI is InChI=1S/C14H18N2O3S/c1-3-4-9-20(17,18)16-14-13(10-15-19-14)12-7-5-11(2)6-8-12/h5-8,10,16H,3-4,9H2,1-2H3. The summed E-state index contributed by atoms with van der Waals surface area (Å²) in [6.45, 7) is 3.94. The molecule has 2 aromatic rings. The van der Waals surface area contributed by atoms with Crippen molar-refractivity contribution in [3.05, 3.63) is 36.0 Å². The van der Waals surface area contributed by atoms with Gasteiger partial charge in [0.1, 0.15) is 0 Å². The van der Waals surface area contributed by atoms with E-state index in [1.807, 2.05) is 38.1 Å². The van der Waals surface area contributed by atoms with E-state index in [1.165, 1.54) is 6.20 Å². The second kappa shape index (κ2) is 6.09. The van der Waals surface area contributed by atoms with Gasteiger partial charge in [-0.15, -0.1) is 0 Å². The smallest absolute Gasteiger partial charge is 0.245 e. The van der Waals surface area contributed by atoms with Crippen LogP contribution in [-0.4, -0.2) is 19.3 Å². The SMILES string of the molecule is CCCCS(=O)(=O)Nc1oncc1-c1ccc(C)cc1. The molecule has 20 heavy (non-hydrogen) atoms. The summed E-state index contributed by atoms with van der Waals surface area (Å²) in [5, 5.41) is 3.68. The maximum atomic E-state index is 11.9. The van der Waals surface area contributed by atoms with Crippen LogP contribution < -0.4 is 4.72 Å². The van der Waals surface area contributed by atoms with E-state index in [2.05, 4.69) is 9.88 Å². The number of hydrogen-bond donors (Lipinski definition) is 1. The first-order chi connectivity index (χ1) is 9.52. The van der Waals surface area contributed by atoms with Crippen molar-refractivity contribution in [3.63, 3.8) is 0 Å². The summed E-state index contributed by atoms with van der Waals surface area (Å²) in [5.41, 5.74) is 2.64. The Labute approximate surface area is 119 Å². The van der Waals surface area contributed by atoms with Crippen LogP contribution in [0.3, 0.4) is 0 Å². The number of nitrogens with one attached hydrogen (secondary N) is 1.